The molecule has 1 aromatic carbocycles. The lowest BCUT2D eigenvalue weighted by molar-refractivity contribution is 0.103. The molecule has 1 nitrogen and oxygen atoms in total. The van der Waals surface area contributed by atoms with E-state index in [0.717, 1.165) is 5.56 Å². The van der Waals surface area contributed by atoms with Crippen molar-refractivity contribution in [1.29, 1.82) is 0 Å². The predicted octanol–water partition coefficient (Wildman–Crippen LogP) is 3.19. The van der Waals surface area contributed by atoms with Gasteiger partial charge in [-0.05, 0) is 17.8 Å². The van der Waals surface area contributed by atoms with Gasteiger partial charge in [-0.25, -0.2) is 0 Å². The Hall–Kier alpha value is -0.965. The van der Waals surface area contributed by atoms with Crippen LogP contribution < -0.4 is 0 Å². The Bertz CT molecular complexity index is 325. The molecule has 0 amide bonds. The molecule has 1 aliphatic rings. The number of hydrogen-bond acceptors (Lipinski definition) is 1. The van der Waals surface area contributed by atoms with Crippen LogP contribution in [0.2, 0.25) is 5.82 Å². The second-order valence-corrected chi connectivity index (χ2v) is 3.86. The van der Waals surface area contributed by atoms with Crippen molar-refractivity contribution in [2.24, 2.45) is 0 Å². The van der Waals surface area contributed by atoms with Crippen molar-refractivity contribution in [3.05, 3.63) is 35.9 Å². The third kappa shape index (κ3) is 2.75. The number of benzene rings is 1. The van der Waals surface area contributed by atoms with Crippen molar-refractivity contribution < 1.29 is 17.7 Å². The maximum Gasteiger partial charge on any atom is 0.483 e. The summed E-state index contributed by atoms with van der Waals surface area (Å²) in [5, 5.41) is 0. The third-order valence-corrected chi connectivity index (χ3v) is 2.57. The molecule has 1 aliphatic carbocycles. The van der Waals surface area contributed by atoms with E-state index in [1.54, 1.807) is 0 Å². The van der Waals surface area contributed by atoms with E-state index in [9.17, 15) is 12.9 Å². The smallest absolute Gasteiger partial charge is 0.449 e. The third-order valence-electron chi connectivity index (χ3n) is 2.57. The Labute approximate surface area is 86.3 Å². The Morgan fingerprint density at radius 1 is 1.20 bits per heavy atom. The number of ether oxygens (including phenoxy) is 1. The van der Waals surface area contributed by atoms with Crippen LogP contribution in [-0.2, 0) is 11.3 Å². The fraction of sp³-hybridized carbons (Fsp3) is 0.400. The maximum absolute atomic E-state index is 12.2. The molecule has 82 valence electrons. The fourth-order valence-corrected chi connectivity index (χ4v) is 1.56. The van der Waals surface area contributed by atoms with Crippen molar-refractivity contribution in [2.45, 2.75) is 24.9 Å². The molecule has 2 atom stereocenters. The molecule has 2 rings (SSSR count). The lowest BCUT2D eigenvalue weighted by Crippen LogP contribution is -2.17. The fourth-order valence-electron chi connectivity index (χ4n) is 1.56. The first kappa shape index (κ1) is 10.5. The van der Waals surface area contributed by atoms with Crippen LogP contribution in [-0.4, -0.2) is 13.1 Å². The molecule has 0 aromatic heterocycles. The minimum absolute atomic E-state index is 0.135. The molecule has 1 aromatic rings. The lowest BCUT2D eigenvalue weighted by Gasteiger charge is -2.12. The van der Waals surface area contributed by atoms with Gasteiger partial charge in [0.15, 0.2) is 0 Å². The first-order chi connectivity index (χ1) is 7.07. The summed E-state index contributed by atoms with van der Waals surface area (Å²) < 4.78 is 41.8. The largest absolute Gasteiger partial charge is 0.483 e. The zero-order valence-electron chi connectivity index (χ0n) is 8.08. The molecule has 0 radical (unpaired) electrons. The van der Waals surface area contributed by atoms with Gasteiger partial charge in [0, 0.05) is 6.10 Å². The number of hydrogen-bond donors (Lipinski definition) is 0. The van der Waals surface area contributed by atoms with E-state index in [0.29, 0.717) is 0 Å². The zero-order valence-corrected chi connectivity index (χ0v) is 8.08. The lowest BCUT2D eigenvalue weighted by atomic mass is 9.83. The van der Waals surface area contributed by atoms with Crippen molar-refractivity contribution in [1.82, 2.24) is 0 Å². The second-order valence-electron chi connectivity index (χ2n) is 3.86. The van der Waals surface area contributed by atoms with Gasteiger partial charge in [0.05, 0.1) is 6.61 Å². The average Bonchev–Trinajstić information content (AvgIpc) is 2.95. The Kier molecular flexibility index (Phi) is 2.73. The van der Waals surface area contributed by atoms with Crippen molar-refractivity contribution in [3.63, 3.8) is 0 Å². The molecule has 2 unspecified atom stereocenters. The van der Waals surface area contributed by atoms with Crippen molar-refractivity contribution in [2.75, 3.05) is 0 Å². The summed E-state index contributed by atoms with van der Waals surface area (Å²) >= 11 is 0. The van der Waals surface area contributed by atoms with Crippen LogP contribution >= 0.6 is 0 Å². The van der Waals surface area contributed by atoms with E-state index in [1.165, 1.54) is 0 Å². The monoisotopic (exact) mass is 215 g/mol. The highest BCUT2D eigenvalue weighted by Crippen LogP contribution is 2.49. The minimum Gasteiger partial charge on any atom is -0.449 e. The van der Waals surface area contributed by atoms with Gasteiger partial charge < -0.3 is 17.7 Å². The summed E-state index contributed by atoms with van der Waals surface area (Å²) in [5.74, 6) is -1.19. The quantitative estimate of drug-likeness (QED) is 0.700. The molecule has 0 bridgehead atoms. The molecule has 15 heavy (non-hydrogen) atoms. The summed E-state index contributed by atoms with van der Waals surface area (Å²) in [5.41, 5.74) is 0.915. The molecule has 0 spiro atoms. The zero-order chi connectivity index (χ0) is 10.9. The summed E-state index contributed by atoms with van der Waals surface area (Å²) in [6.07, 6.45) is -0.471. The molecule has 0 N–H and O–H groups in total. The Balaban J connectivity index is 1.78. The summed E-state index contributed by atoms with van der Waals surface area (Å²) in [7, 11) is 0. The standard InChI is InChI=1S/C10H11BF3O/c12-11(13,14)9-6-10(9)15-7-8-4-2-1-3-5-8/h1-5,9-10H,6-7H2/q-1. The van der Waals surface area contributed by atoms with Crippen LogP contribution in [0.4, 0.5) is 12.9 Å². The number of rotatable bonds is 4. The van der Waals surface area contributed by atoms with Gasteiger partial charge in [-0.15, -0.1) is 0 Å². The van der Waals surface area contributed by atoms with Gasteiger partial charge >= 0.3 is 6.98 Å². The van der Waals surface area contributed by atoms with E-state index in [1.807, 2.05) is 30.3 Å². The van der Waals surface area contributed by atoms with E-state index in [-0.39, 0.29) is 13.0 Å². The highest BCUT2D eigenvalue weighted by Gasteiger charge is 2.51. The second kappa shape index (κ2) is 3.89. The van der Waals surface area contributed by atoms with Gasteiger partial charge in [-0.3, -0.25) is 0 Å². The predicted molar refractivity (Wildman–Crippen MR) is 52.5 cm³/mol. The van der Waals surface area contributed by atoms with Crippen molar-refractivity contribution >= 4 is 6.98 Å². The van der Waals surface area contributed by atoms with Gasteiger partial charge in [-0.2, -0.15) is 0 Å². The highest BCUT2D eigenvalue weighted by atomic mass is 19.4. The van der Waals surface area contributed by atoms with E-state index in [4.69, 9.17) is 4.74 Å². The van der Waals surface area contributed by atoms with Crippen LogP contribution in [0.5, 0.6) is 0 Å². The molecule has 0 aliphatic heterocycles. The first-order valence-corrected chi connectivity index (χ1v) is 4.93. The molecule has 1 fully saturated rings. The molecule has 1 saturated carbocycles. The van der Waals surface area contributed by atoms with Gasteiger partial charge in [0.25, 0.3) is 0 Å². The van der Waals surface area contributed by atoms with E-state index in [2.05, 4.69) is 0 Å². The van der Waals surface area contributed by atoms with Crippen molar-refractivity contribution in [3.8, 4) is 0 Å². The molecule has 5 heteroatoms. The highest BCUT2D eigenvalue weighted by molar-refractivity contribution is 6.61. The Morgan fingerprint density at radius 2 is 1.87 bits per heavy atom. The normalized spacial score (nSPS) is 25.3. The summed E-state index contributed by atoms with van der Waals surface area (Å²) in [4.78, 5) is 0. The van der Waals surface area contributed by atoms with Crippen LogP contribution in [0.3, 0.4) is 0 Å². The van der Waals surface area contributed by atoms with Gasteiger partial charge in [0.1, 0.15) is 0 Å². The van der Waals surface area contributed by atoms with E-state index < -0.39 is 18.9 Å². The van der Waals surface area contributed by atoms with Crippen LogP contribution in [0.15, 0.2) is 30.3 Å². The topological polar surface area (TPSA) is 9.23 Å². The molecular formula is C10H11BF3O-. The molecule has 0 saturated heterocycles. The minimum atomic E-state index is -4.71. The number of halogens is 3. The first-order valence-electron chi connectivity index (χ1n) is 4.93. The van der Waals surface area contributed by atoms with Crippen LogP contribution in [0.1, 0.15) is 12.0 Å². The van der Waals surface area contributed by atoms with E-state index >= 15 is 0 Å². The summed E-state index contributed by atoms with van der Waals surface area (Å²) in [6, 6.07) is 9.24. The SMILES string of the molecule is F[B-](F)(F)C1CC1OCc1ccccc1. The van der Waals surface area contributed by atoms with Gasteiger partial charge in [0.2, 0.25) is 0 Å². The molecule has 0 heterocycles. The summed E-state index contributed by atoms with van der Waals surface area (Å²) in [6.45, 7) is -4.43. The van der Waals surface area contributed by atoms with Crippen LogP contribution in [0, 0.1) is 0 Å². The average molecular weight is 215 g/mol. The molecular weight excluding hydrogens is 204 g/mol. The maximum atomic E-state index is 12.2. The van der Waals surface area contributed by atoms with Gasteiger partial charge in [-0.1, -0.05) is 30.3 Å². The van der Waals surface area contributed by atoms with Crippen LogP contribution in [0.25, 0.3) is 0 Å². The Morgan fingerprint density at radius 3 is 2.40 bits per heavy atom.